The van der Waals surface area contributed by atoms with Crippen LogP contribution in [0.3, 0.4) is 0 Å². The molecule has 0 amide bonds. The highest BCUT2D eigenvalue weighted by Gasteiger charge is 2.31. The number of fused-ring (bicyclic) bond motifs is 2. The summed E-state index contributed by atoms with van der Waals surface area (Å²) in [5.41, 5.74) is 6.51. The summed E-state index contributed by atoms with van der Waals surface area (Å²) in [5.74, 6) is 1.12. The Balaban J connectivity index is 1.29. The Morgan fingerprint density at radius 2 is 2.05 bits per heavy atom. The molecular weight excluding hydrogens is 520 g/mol. The Bertz CT molecular complexity index is 1570. The zero-order chi connectivity index (χ0) is 28.5. The summed E-state index contributed by atoms with van der Waals surface area (Å²) in [6, 6.07) is 6.58. The standard InChI is InChI=1S/C30H36N8O3/c1-19-4-7-24(32-14-19)28(17-39)41-26-12-21(16-38-30(26)27(40-3)15-34-38)29-20(2)25-8-9-36(10-11-37(25)35-29)23-6-5-22(13-23)33-18-31/h4,7,12,14-16,22-23,28,33,39H,5-6,8-11,13,17H2,1-3H3/t22-,23+,28?/m1/s1. The fourth-order valence-electron chi connectivity index (χ4n) is 6.26. The second kappa shape index (κ2) is 11.4. The molecule has 4 aromatic rings. The van der Waals surface area contributed by atoms with Crippen LogP contribution in [-0.2, 0) is 13.0 Å². The van der Waals surface area contributed by atoms with Crippen LogP contribution in [0.15, 0.2) is 36.8 Å². The van der Waals surface area contributed by atoms with Gasteiger partial charge in [-0.2, -0.15) is 15.5 Å². The van der Waals surface area contributed by atoms with Gasteiger partial charge >= 0.3 is 0 Å². The highest BCUT2D eigenvalue weighted by atomic mass is 16.5. The first-order valence-electron chi connectivity index (χ1n) is 14.2. The third-order valence-corrected chi connectivity index (χ3v) is 8.48. The number of pyridine rings is 2. The van der Waals surface area contributed by atoms with E-state index in [9.17, 15) is 5.11 Å². The number of nitriles is 1. The first-order chi connectivity index (χ1) is 20.0. The molecule has 11 nitrogen and oxygen atoms in total. The number of aryl methyl sites for hydroxylation is 1. The first-order valence-corrected chi connectivity index (χ1v) is 14.2. The van der Waals surface area contributed by atoms with Crippen LogP contribution in [-0.4, -0.2) is 73.3 Å². The summed E-state index contributed by atoms with van der Waals surface area (Å²) in [6.45, 7) is 6.60. The van der Waals surface area contributed by atoms with Gasteiger partial charge in [-0.3, -0.25) is 14.6 Å². The molecule has 1 aliphatic carbocycles. The lowest BCUT2D eigenvalue weighted by molar-refractivity contribution is 0.114. The quantitative estimate of drug-likeness (QED) is 0.249. The van der Waals surface area contributed by atoms with E-state index >= 15 is 0 Å². The van der Waals surface area contributed by atoms with Crippen molar-refractivity contribution in [2.45, 2.75) is 64.3 Å². The molecule has 0 aromatic carbocycles. The Morgan fingerprint density at radius 1 is 1.17 bits per heavy atom. The number of nitrogens with zero attached hydrogens (tertiary/aromatic N) is 7. The number of aliphatic hydroxyl groups excluding tert-OH is 1. The predicted molar refractivity (Wildman–Crippen MR) is 153 cm³/mol. The Hall–Kier alpha value is -4.14. The lowest BCUT2D eigenvalue weighted by atomic mass is 10.1. The monoisotopic (exact) mass is 556 g/mol. The van der Waals surface area contributed by atoms with Gasteiger partial charge in [0, 0.05) is 55.2 Å². The van der Waals surface area contributed by atoms with E-state index in [2.05, 4.69) is 38.1 Å². The molecule has 0 saturated heterocycles. The summed E-state index contributed by atoms with van der Waals surface area (Å²) >= 11 is 0. The van der Waals surface area contributed by atoms with Gasteiger partial charge in [-0.25, -0.2) is 4.52 Å². The van der Waals surface area contributed by atoms with E-state index in [0.29, 0.717) is 28.8 Å². The predicted octanol–water partition coefficient (Wildman–Crippen LogP) is 3.18. The highest BCUT2D eigenvalue weighted by Crippen LogP contribution is 2.37. The van der Waals surface area contributed by atoms with Gasteiger partial charge in [0.2, 0.25) is 0 Å². The number of methoxy groups -OCH3 is 1. The number of rotatable bonds is 8. The zero-order valence-electron chi connectivity index (χ0n) is 23.7. The Kier molecular flexibility index (Phi) is 7.51. The molecule has 0 radical (unpaired) electrons. The van der Waals surface area contributed by atoms with Gasteiger partial charge in [0.1, 0.15) is 0 Å². The second-order valence-corrected chi connectivity index (χ2v) is 11.0. The van der Waals surface area contributed by atoms with E-state index in [1.165, 1.54) is 5.69 Å². The van der Waals surface area contributed by atoms with Crippen molar-refractivity contribution in [3.8, 4) is 28.9 Å². The van der Waals surface area contributed by atoms with Gasteiger partial charge in [0.25, 0.3) is 0 Å². The molecule has 2 aliphatic rings. The maximum Gasteiger partial charge on any atom is 0.176 e. The van der Waals surface area contributed by atoms with Gasteiger partial charge in [-0.05, 0) is 56.4 Å². The maximum atomic E-state index is 10.2. The molecule has 1 aliphatic heterocycles. The molecular formula is C30H36N8O3. The van der Waals surface area contributed by atoms with Crippen molar-refractivity contribution in [3.63, 3.8) is 0 Å². The second-order valence-electron chi connectivity index (χ2n) is 11.0. The SMILES string of the molecule is COc1cnn2cc(-c3nn4c(c3C)CCN([C@H]3CC[C@@H](NC#N)C3)CC4)cc(OC(CO)c3ccc(C)cn3)c12. The summed E-state index contributed by atoms with van der Waals surface area (Å²) in [7, 11) is 1.60. The molecule has 0 spiro atoms. The third-order valence-electron chi connectivity index (χ3n) is 8.48. The first kappa shape index (κ1) is 27.1. The smallest absolute Gasteiger partial charge is 0.176 e. The van der Waals surface area contributed by atoms with Crippen LogP contribution in [0.25, 0.3) is 16.8 Å². The number of aliphatic hydroxyl groups is 1. The number of nitrogens with one attached hydrogen (secondary N) is 1. The molecule has 1 fully saturated rings. The van der Waals surface area contributed by atoms with E-state index in [1.807, 2.05) is 31.3 Å². The molecule has 214 valence electrons. The van der Waals surface area contributed by atoms with Crippen LogP contribution in [0, 0.1) is 25.3 Å². The Morgan fingerprint density at radius 3 is 2.80 bits per heavy atom. The average molecular weight is 557 g/mol. The van der Waals surface area contributed by atoms with E-state index in [-0.39, 0.29) is 12.6 Å². The molecule has 1 saturated carbocycles. The van der Waals surface area contributed by atoms with Crippen molar-refractivity contribution in [2.75, 3.05) is 26.8 Å². The van der Waals surface area contributed by atoms with Gasteiger partial charge in [0.05, 0.1) is 37.8 Å². The number of hydrogen-bond acceptors (Lipinski definition) is 9. The van der Waals surface area contributed by atoms with Crippen LogP contribution in [0.4, 0.5) is 0 Å². The molecule has 4 aromatic heterocycles. The molecule has 6 rings (SSSR count). The molecule has 3 atom stereocenters. The van der Waals surface area contributed by atoms with Crippen molar-refractivity contribution < 1.29 is 14.6 Å². The zero-order valence-corrected chi connectivity index (χ0v) is 23.7. The molecule has 11 heteroatoms. The van der Waals surface area contributed by atoms with Crippen LogP contribution in [0.5, 0.6) is 11.5 Å². The minimum Gasteiger partial charge on any atom is -0.493 e. The topological polar surface area (TPSA) is 126 Å². The lowest BCUT2D eigenvalue weighted by Gasteiger charge is -2.27. The average Bonchev–Trinajstić information content (AvgIpc) is 3.66. The van der Waals surface area contributed by atoms with Crippen molar-refractivity contribution in [1.29, 1.82) is 5.26 Å². The molecule has 41 heavy (non-hydrogen) atoms. The summed E-state index contributed by atoms with van der Waals surface area (Å²) in [4.78, 5) is 7.04. The normalized spacial score (nSPS) is 19.9. The third kappa shape index (κ3) is 5.21. The van der Waals surface area contributed by atoms with Crippen molar-refractivity contribution in [1.82, 2.24) is 34.6 Å². The van der Waals surface area contributed by atoms with Crippen LogP contribution in [0.2, 0.25) is 0 Å². The molecule has 2 N–H and O–H groups in total. The minimum absolute atomic E-state index is 0.231. The highest BCUT2D eigenvalue weighted by molar-refractivity contribution is 5.75. The van der Waals surface area contributed by atoms with E-state index in [4.69, 9.17) is 19.8 Å². The maximum absolute atomic E-state index is 10.2. The van der Waals surface area contributed by atoms with Crippen LogP contribution >= 0.6 is 0 Å². The van der Waals surface area contributed by atoms with Gasteiger partial charge in [-0.15, -0.1) is 0 Å². The van der Waals surface area contributed by atoms with Gasteiger partial charge in [-0.1, -0.05) is 6.07 Å². The van der Waals surface area contributed by atoms with Crippen molar-refractivity contribution >= 4 is 5.52 Å². The van der Waals surface area contributed by atoms with Gasteiger partial charge < -0.3 is 19.9 Å². The summed E-state index contributed by atoms with van der Waals surface area (Å²) in [6.07, 6.45) is 10.9. The number of hydrogen-bond donors (Lipinski definition) is 2. The van der Waals surface area contributed by atoms with E-state index < -0.39 is 6.10 Å². The summed E-state index contributed by atoms with van der Waals surface area (Å²) in [5, 5.41) is 31.7. The number of ether oxygens (including phenoxy) is 2. The van der Waals surface area contributed by atoms with Crippen LogP contribution in [0.1, 0.15) is 47.9 Å². The number of aromatic nitrogens is 5. The fraction of sp³-hybridized carbons (Fsp3) is 0.467. The fourth-order valence-corrected chi connectivity index (χ4v) is 6.26. The van der Waals surface area contributed by atoms with Crippen molar-refractivity contribution in [3.05, 3.63) is 59.3 Å². The summed E-state index contributed by atoms with van der Waals surface area (Å²) < 4.78 is 15.9. The van der Waals surface area contributed by atoms with Crippen molar-refractivity contribution in [2.24, 2.45) is 0 Å². The molecule has 5 heterocycles. The molecule has 1 unspecified atom stereocenters. The Labute approximate surface area is 239 Å². The van der Waals surface area contributed by atoms with Gasteiger partial charge in [0.15, 0.2) is 29.3 Å². The van der Waals surface area contributed by atoms with E-state index in [1.54, 1.807) is 24.0 Å². The minimum atomic E-state index is -0.654. The molecule has 0 bridgehead atoms. The van der Waals surface area contributed by atoms with Crippen LogP contribution < -0.4 is 14.8 Å². The largest absolute Gasteiger partial charge is 0.493 e. The lowest BCUT2D eigenvalue weighted by Crippen LogP contribution is -2.37. The van der Waals surface area contributed by atoms with E-state index in [0.717, 1.165) is 67.7 Å².